The van der Waals surface area contributed by atoms with Crippen LogP contribution in [0.25, 0.3) is 0 Å². The summed E-state index contributed by atoms with van der Waals surface area (Å²) in [6.07, 6.45) is 1.39. The molecule has 0 aliphatic heterocycles. The summed E-state index contributed by atoms with van der Waals surface area (Å²) in [7, 11) is 0. The van der Waals surface area contributed by atoms with Crippen LogP contribution >= 0.6 is 12.8 Å². The van der Waals surface area contributed by atoms with Gasteiger partial charge in [0.15, 0.2) is 6.33 Å². The predicted octanol–water partition coefficient (Wildman–Crippen LogP) is -0.637. The molecule has 0 saturated carbocycles. The average Bonchev–Trinajstić information content (AvgIpc) is 1.86. The Bertz CT molecular complexity index is 115. The fraction of sp³-hybridized carbons (Fsp3) is 0. The molecular weight excluding hydrogens is 208 g/mol. The summed E-state index contributed by atoms with van der Waals surface area (Å²) < 4.78 is 1.22. The molecular formula is CH2AgN4S. The van der Waals surface area contributed by atoms with Crippen LogP contribution in [0.15, 0.2) is 6.33 Å². The van der Waals surface area contributed by atoms with Gasteiger partial charge in [-0.2, -0.15) is 4.09 Å². The van der Waals surface area contributed by atoms with Crippen molar-refractivity contribution in [2.75, 3.05) is 0 Å². The third-order valence-electron chi connectivity index (χ3n) is 0.338. The van der Waals surface area contributed by atoms with Gasteiger partial charge in [0.2, 0.25) is 0 Å². The first-order chi connectivity index (χ1) is 2.89. The van der Waals surface area contributed by atoms with Gasteiger partial charge in [-0.1, -0.05) is 0 Å². The molecule has 0 aliphatic carbocycles. The molecule has 1 heterocycles. The van der Waals surface area contributed by atoms with Gasteiger partial charge in [0.1, 0.15) is 0 Å². The molecule has 1 aromatic rings. The van der Waals surface area contributed by atoms with Gasteiger partial charge in [-0.3, -0.25) is 0 Å². The minimum Gasteiger partial charge on any atom is -0.177 e. The molecule has 0 saturated heterocycles. The molecule has 1 radical (unpaired) electrons. The Morgan fingerprint density at radius 2 is 2.29 bits per heavy atom. The maximum absolute atomic E-state index is 3.72. The summed E-state index contributed by atoms with van der Waals surface area (Å²) in [6.45, 7) is 0. The number of thiol groups is 1. The number of aromatic nitrogens is 4. The molecule has 0 fully saturated rings. The molecule has 0 spiro atoms. The van der Waals surface area contributed by atoms with Gasteiger partial charge in [-0.15, -0.1) is 5.10 Å². The second-order valence-electron chi connectivity index (χ2n) is 0.730. The Labute approximate surface area is 61.3 Å². The number of rotatable bonds is 0. The third-order valence-corrected chi connectivity index (χ3v) is 0.521. The first-order valence-electron chi connectivity index (χ1n) is 1.32. The van der Waals surface area contributed by atoms with Crippen molar-refractivity contribution in [1.29, 1.82) is 0 Å². The quantitative estimate of drug-likeness (QED) is 0.457. The predicted molar refractivity (Wildman–Crippen MR) is 22.2 cm³/mol. The van der Waals surface area contributed by atoms with Crippen LogP contribution in [0.4, 0.5) is 0 Å². The third kappa shape index (κ3) is 2.08. The van der Waals surface area contributed by atoms with Crippen molar-refractivity contribution >= 4 is 12.8 Å². The normalized spacial score (nSPS) is 7.57. The van der Waals surface area contributed by atoms with E-state index in [2.05, 4.69) is 28.3 Å². The number of tetrazole rings is 1. The minimum atomic E-state index is 0. The topological polar surface area (TPSA) is 43.6 Å². The van der Waals surface area contributed by atoms with E-state index < -0.39 is 0 Å². The Hall–Kier alpha value is 0.160. The molecule has 43 valence electrons. The molecule has 1 rings (SSSR count). The summed E-state index contributed by atoms with van der Waals surface area (Å²) in [5.41, 5.74) is 0. The number of hydrogen-bond donors (Lipinski definition) is 1. The second kappa shape index (κ2) is 3.20. The molecule has 0 bridgehead atoms. The summed E-state index contributed by atoms with van der Waals surface area (Å²) in [4.78, 5) is 0. The number of hydrogen-bond acceptors (Lipinski definition) is 4. The fourth-order valence-corrected chi connectivity index (χ4v) is 0.238. The van der Waals surface area contributed by atoms with Crippen LogP contribution in [0, 0.1) is 0 Å². The zero-order valence-corrected chi connectivity index (χ0v) is 5.49. The molecule has 6 heteroatoms. The molecule has 7 heavy (non-hydrogen) atoms. The summed E-state index contributed by atoms with van der Waals surface area (Å²) in [6, 6.07) is 0. The monoisotopic (exact) mass is 209 g/mol. The van der Waals surface area contributed by atoms with E-state index in [-0.39, 0.29) is 22.4 Å². The van der Waals surface area contributed by atoms with Crippen LogP contribution in [-0.4, -0.2) is 19.6 Å². The summed E-state index contributed by atoms with van der Waals surface area (Å²) in [5, 5.41) is 9.89. The molecule has 0 aromatic carbocycles. The van der Waals surface area contributed by atoms with E-state index in [4.69, 9.17) is 0 Å². The van der Waals surface area contributed by atoms with Crippen LogP contribution in [0.1, 0.15) is 0 Å². The molecule has 0 atom stereocenters. The van der Waals surface area contributed by atoms with Crippen molar-refractivity contribution in [2.45, 2.75) is 0 Å². The van der Waals surface area contributed by atoms with Crippen molar-refractivity contribution in [2.24, 2.45) is 0 Å². The Kier molecular flexibility index (Phi) is 3.27. The van der Waals surface area contributed by atoms with E-state index in [1.54, 1.807) is 0 Å². The Morgan fingerprint density at radius 1 is 1.57 bits per heavy atom. The van der Waals surface area contributed by atoms with E-state index in [1.807, 2.05) is 0 Å². The zero-order chi connectivity index (χ0) is 4.41. The Balaban J connectivity index is 0.000000360. The van der Waals surface area contributed by atoms with Crippen LogP contribution in [0.2, 0.25) is 0 Å². The van der Waals surface area contributed by atoms with Gasteiger partial charge >= 0.3 is 0 Å². The van der Waals surface area contributed by atoms with Crippen LogP contribution < -0.4 is 0 Å². The molecule has 0 aliphatic rings. The molecule has 1 aromatic heterocycles. The molecule has 4 nitrogen and oxygen atoms in total. The summed E-state index contributed by atoms with van der Waals surface area (Å²) in [5.74, 6) is 0. The SMILES string of the molecule is Sn1cnnn1.[Ag]. The van der Waals surface area contributed by atoms with Crippen molar-refractivity contribution < 1.29 is 22.4 Å². The Morgan fingerprint density at radius 3 is 2.43 bits per heavy atom. The maximum Gasteiger partial charge on any atom is 0.150 e. The second-order valence-corrected chi connectivity index (χ2v) is 1.14. The average molecular weight is 210 g/mol. The van der Waals surface area contributed by atoms with Crippen LogP contribution in [0.3, 0.4) is 0 Å². The van der Waals surface area contributed by atoms with E-state index >= 15 is 0 Å². The van der Waals surface area contributed by atoms with Gasteiger partial charge in [-0.25, -0.2) is 0 Å². The first kappa shape index (κ1) is 7.16. The summed E-state index contributed by atoms with van der Waals surface area (Å²) >= 11 is 3.72. The zero-order valence-electron chi connectivity index (χ0n) is 3.11. The molecule has 0 N–H and O–H groups in total. The fourth-order valence-electron chi connectivity index (χ4n) is 0.156. The van der Waals surface area contributed by atoms with Gasteiger partial charge in [0.25, 0.3) is 0 Å². The molecule has 0 unspecified atom stereocenters. The van der Waals surface area contributed by atoms with Gasteiger partial charge in [-0.05, 0) is 23.2 Å². The van der Waals surface area contributed by atoms with Crippen LogP contribution in [0.5, 0.6) is 0 Å². The van der Waals surface area contributed by atoms with E-state index in [1.165, 1.54) is 10.4 Å². The van der Waals surface area contributed by atoms with Gasteiger partial charge in [0, 0.05) is 22.4 Å². The van der Waals surface area contributed by atoms with Crippen molar-refractivity contribution in [3.8, 4) is 0 Å². The minimum absolute atomic E-state index is 0. The van der Waals surface area contributed by atoms with Crippen molar-refractivity contribution in [3.63, 3.8) is 0 Å². The molecule has 0 amide bonds. The number of nitrogens with zero attached hydrogens (tertiary/aromatic N) is 4. The van der Waals surface area contributed by atoms with E-state index in [9.17, 15) is 0 Å². The standard InChI is InChI=1S/CH2N4S.Ag/c6-5-1-2-3-4-5;/h1,6H;. The largest absolute Gasteiger partial charge is 0.177 e. The van der Waals surface area contributed by atoms with Crippen molar-refractivity contribution in [1.82, 2.24) is 19.6 Å². The van der Waals surface area contributed by atoms with Crippen LogP contribution in [-0.2, 0) is 22.4 Å². The van der Waals surface area contributed by atoms with Gasteiger partial charge < -0.3 is 0 Å². The first-order valence-corrected chi connectivity index (χ1v) is 1.72. The van der Waals surface area contributed by atoms with E-state index in [0.29, 0.717) is 0 Å². The van der Waals surface area contributed by atoms with Crippen molar-refractivity contribution in [3.05, 3.63) is 6.33 Å². The van der Waals surface area contributed by atoms with Gasteiger partial charge in [0.05, 0.1) is 0 Å². The van der Waals surface area contributed by atoms with E-state index in [0.717, 1.165) is 0 Å². The smallest absolute Gasteiger partial charge is 0.150 e. The maximum atomic E-state index is 3.72.